The lowest BCUT2D eigenvalue weighted by Crippen LogP contribution is -2.24. The molecule has 0 bridgehead atoms. The van der Waals surface area contributed by atoms with Crippen molar-refractivity contribution in [2.24, 2.45) is 0 Å². The number of carbonyl (C=O) groups excluding carboxylic acids is 1. The molecule has 3 aromatic carbocycles. The molecule has 0 heterocycles. The monoisotopic (exact) mass is 302 g/mol. The van der Waals surface area contributed by atoms with Crippen LogP contribution in [0.4, 0.5) is 0 Å². The summed E-state index contributed by atoms with van der Waals surface area (Å²) in [6, 6.07) is 24.8. The maximum Gasteiger partial charge on any atom is 0.316 e. The lowest BCUT2D eigenvalue weighted by atomic mass is 9.90. The van der Waals surface area contributed by atoms with Gasteiger partial charge in [-0.05, 0) is 28.3 Å². The molecule has 1 unspecified atom stereocenters. The Bertz CT molecular complexity index is 869. The first-order valence-corrected chi connectivity index (χ1v) is 7.88. The van der Waals surface area contributed by atoms with Crippen molar-refractivity contribution < 1.29 is 9.53 Å². The highest BCUT2D eigenvalue weighted by Crippen LogP contribution is 2.61. The van der Waals surface area contributed by atoms with Gasteiger partial charge in [0.15, 0.2) is 0 Å². The minimum Gasteiger partial charge on any atom is -0.468 e. The molecule has 0 spiro atoms. The van der Waals surface area contributed by atoms with Crippen LogP contribution in [0, 0.1) is 0 Å². The molecule has 0 saturated heterocycles. The van der Waals surface area contributed by atoms with Gasteiger partial charge in [-0.2, -0.15) is 0 Å². The van der Waals surface area contributed by atoms with E-state index in [2.05, 4.69) is 30.3 Å². The third-order valence-corrected chi connectivity index (χ3v) is 4.98. The van der Waals surface area contributed by atoms with Gasteiger partial charge in [-0.1, -0.05) is 72.8 Å². The zero-order valence-corrected chi connectivity index (χ0v) is 13.0. The zero-order chi connectivity index (χ0) is 15.9. The fraction of sp³-hybridized carbons (Fsp3) is 0.190. The molecule has 2 nitrogen and oxygen atoms in total. The number of carbonyl (C=O) groups is 1. The Labute approximate surface area is 135 Å². The van der Waals surface area contributed by atoms with Crippen molar-refractivity contribution in [1.29, 1.82) is 0 Å². The lowest BCUT2D eigenvalue weighted by Gasteiger charge is -2.16. The van der Waals surface area contributed by atoms with Gasteiger partial charge in [-0.3, -0.25) is 4.79 Å². The molecule has 0 N–H and O–H groups in total. The topological polar surface area (TPSA) is 26.3 Å². The van der Waals surface area contributed by atoms with Crippen molar-refractivity contribution >= 4 is 16.7 Å². The molecular formula is C21H18O2. The van der Waals surface area contributed by atoms with E-state index in [4.69, 9.17) is 4.74 Å². The summed E-state index contributed by atoms with van der Waals surface area (Å²) in [5, 5.41) is 2.43. The molecule has 23 heavy (non-hydrogen) atoms. The Morgan fingerprint density at radius 3 is 2.39 bits per heavy atom. The number of fused-ring (bicyclic) bond motifs is 1. The predicted octanol–water partition coefficient (Wildman–Crippen LogP) is 4.44. The normalized spacial score (nSPS) is 22.7. The Hall–Kier alpha value is -2.61. The summed E-state index contributed by atoms with van der Waals surface area (Å²) in [7, 11) is 1.47. The summed E-state index contributed by atoms with van der Waals surface area (Å²) in [5.74, 6) is 0.0452. The highest BCUT2D eigenvalue weighted by Gasteiger charge is 2.62. The standard InChI is InChI=1S/C21H18O2/c1-23-20(22)21(18-9-3-2-4-10-18)14-19(21)17-12-11-15-7-5-6-8-16(15)13-17/h2-13,19H,14H2,1H3/t19?,21-/m0/s1. The van der Waals surface area contributed by atoms with Crippen LogP contribution in [0.2, 0.25) is 0 Å². The Balaban J connectivity index is 1.78. The molecule has 0 aromatic heterocycles. The van der Waals surface area contributed by atoms with Crippen molar-refractivity contribution in [3.05, 3.63) is 83.9 Å². The van der Waals surface area contributed by atoms with E-state index in [-0.39, 0.29) is 11.9 Å². The summed E-state index contributed by atoms with van der Waals surface area (Å²) in [5.41, 5.74) is 1.72. The van der Waals surface area contributed by atoms with Crippen LogP contribution >= 0.6 is 0 Å². The molecule has 2 heteroatoms. The van der Waals surface area contributed by atoms with Gasteiger partial charge >= 0.3 is 5.97 Å². The van der Waals surface area contributed by atoms with E-state index < -0.39 is 5.41 Å². The van der Waals surface area contributed by atoms with Crippen molar-refractivity contribution in [3.8, 4) is 0 Å². The number of hydrogen-bond donors (Lipinski definition) is 0. The molecule has 0 amide bonds. The molecule has 1 aliphatic rings. The van der Waals surface area contributed by atoms with Crippen LogP contribution in [0.25, 0.3) is 10.8 Å². The SMILES string of the molecule is COC(=O)[C@]1(c2ccccc2)CC1c1ccc2ccccc2c1. The molecule has 1 saturated carbocycles. The van der Waals surface area contributed by atoms with E-state index in [1.165, 1.54) is 23.4 Å². The zero-order valence-electron chi connectivity index (χ0n) is 13.0. The molecule has 3 aromatic rings. The van der Waals surface area contributed by atoms with Crippen LogP contribution in [0.5, 0.6) is 0 Å². The number of rotatable bonds is 3. The van der Waals surface area contributed by atoms with Gasteiger partial charge in [0.1, 0.15) is 5.41 Å². The molecule has 114 valence electrons. The van der Waals surface area contributed by atoms with Gasteiger partial charge in [0, 0.05) is 5.92 Å². The largest absolute Gasteiger partial charge is 0.468 e. The van der Waals surface area contributed by atoms with Crippen LogP contribution < -0.4 is 0 Å². The Morgan fingerprint density at radius 1 is 0.957 bits per heavy atom. The van der Waals surface area contributed by atoms with Crippen molar-refractivity contribution in [2.75, 3.05) is 7.11 Å². The third-order valence-electron chi connectivity index (χ3n) is 4.98. The predicted molar refractivity (Wildman–Crippen MR) is 91.4 cm³/mol. The summed E-state index contributed by atoms with van der Waals surface area (Å²) < 4.78 is 5.13. The van der Waals surface area contributed by atoms with E-state index in [0.29, 0.717) is 0 Å². The summed E-state index contributed by atoms with van der Waals surface area (Å²) >= 11 is 0. The minimum atomic E-state index is -0.529. The van der Waals surface area contributed by atoms with Gasteiger partial charge < -0.3 is 4.74 Å². The van der Waals surface area contributed by atoms with Gasteiger partial charge in [0.2, 0.25) is 0 Å². The van der Waals surface area contributed by atoms with Gasteiger partial charge in [0.25, 0.3) is 0 Å². The second-order valence-electron chi connectivity index (χ2n) is 6.19. The Kier molecular flexibility index (Phi) is 3.19. The van der Waals surface area contributed by atoms with Gasteiger partial charge in [-0.15, -0.1) is 0 Å². The molecular weight excluding hydrogens is 284 g/mol. The van der Waals surface area contributed by atoms with E-state index in [9.17, 15) is 4.79 Å². The summed E-state index contributed by atoms with van der Waals surface area (Å²) in [6.45, 7) is 0. The smallest absolute Gasteiger partial charge is 0.316 e. The fourth-order valence-corrected chi connectivity index (χ4v) is 3.67. The number of ether oxygens (including phenoxy) is 1. The van der Waals surface area contributed by atoms with Crippen LogP contribution in [-0.4, -0.2) is 13.1 Å². The number of hydrogen-bond acceptors (Lipinski definition) is 2. The first-order chi connectivity index (χ1) is 11.3. The average molecular weight is 302 g/mol. The van der Waals surface area contributed by atoms with Crippen LogP contribution in [0.1, 0.15) is 23.5 Å². The second kappa shape index (κ2) is 5.24. The first kappa shape index (κ1) is 14.0. The van der Waals surface area contributed by atoms with E-state index in [1.807, 2.05) is 42.5 Å². The molecule has 4 rings (SSSR count). The van der Waals surface area contributed by atoms with E-state index in [1.54, 1.807) is 0 Å². The minimum absolute atomic E-state index is 0.137. The van der Waals surface area contributed by atoms with E-state index >= 15 is 0 Å². The van der Waals surface area contributed by atoms with Crippen molar-refractivity contribution in [3.63, 3.8) is 0 Å². The maximum absolute atomic E-state index is 12.5. The molecule has 0 radical (unpaired) electrons. The highest BCUT2D eigenvalue weighted by molar-refractivity contribution is 5.90. The second-order valence-corrected chi connectivity index (χ2v) is 6.19. The lowest BCUT2D eigenvalue weighted by molar-refractivity contribution is -0.143. The van der Waals surface area contributed by atoms with Gasteiger partial charge in [0.05, 0.1) is 7.11 Å². The van der Waals surface area contributed by atoms with Crippen LogP contribution in [-0.2, 0) is 14.9 Å². The number of methoxy groups -OCH3 is 1. The molecule has 2 atom stereocenters. The maximum atomic E-state index is 12.5. The fourth-order valence-electron chi connectivity index (χ4n) is 3.67. The average Bonchev–Trinajstić information content (AvgIpc) is 3.38. The highest BCUT2D eigenvalue weighted by atomic mass is 16.5. The summed E-state index contributed by atoms with van der Waals surface area (Å²) in [6.07, 6.45) is 0.808. The first-order valence-electron chi connectivity index (χ1n) is 7.88. The number of benzene rings is 3. The quantitative estimate of drug-likeness (QED) is 0.669. The van der Waals surface area contributed by atoms with Crippen LogP contribution in [0.15, 0.2) is 72.8 Å². The third kappa shape index (κ3) is 2.14. The van der Waals surface area contributed by atoms with E-state index in [0.717, 1.165) is 12.0 Å². The number of esters is 1. The van der Waals surface area contributed by atoms with Crippen molar-refractivity contribution in [2.45, 2.75) is 17.8 Å². The van der Waals surface area contributed by atoms with Crippen LogP contribution in [0.3, 0.4) is 0 Å². The molecule has 0 aliphatic heterocycles. The summed E-state index contributed by atoms with van der Waals surface area (Å²) in [4.78, 5) is 12.5. The molecule has 1 fully saturated rings. The molecule has 1 aliphatic carbocycles. The Morgan fingerprint density at radius 2 is 1.65 bits per heavy atom. The van der Waals surface area contributed by atoms with Crippen molar-refractivity contribution in [1.82, 2.24) is 0 Å². The van der Waals surface area contributed by atoms with Gasteiger partial charge in [-0.25, -0.2) is 0 Å².